The number of carboxylic acids is 1. The summed E-state index contributed by atoms with van der Waals surface area (Å²) in [6, 6.07) is 2.05. The van der Waals surface area contributed by atoms with Gasteiger partial charge in [0.15, 0.2) is 0 Å². The number of carboxylic acid groups (broad SMARTS) is 1. The molecule has 1 aromatic rings. The zero-order valence-corrected chi connectivity index (χ0v) is 11.8. The number of rotatable bonds is 5. The monoisotopic (exact) mass is 339 g/mol. The molecule has 1 heterocycles. The fraction of sp³-hybridized carbons (Fsp3) is 0.444. The number of aliphatic carboxylic acids is 1. The summed E-state index contributed by atoms with van der Waals surface area (Å²) in [5, 5.41) is 8.97. The summed E-state index contributed by atoms with van der Waals surface area (Å²) in [6.45, 7) is 0. The van der Waals surface area contributed by atoms with Crippen LogP contribution < -0.4 is 4.72 Å². The Balaban J connectivity index is 2.18. The van der Waals surface area contributed by atoms with Gasteiger partial charge in [0.25, 0.3) is 10.0 Å². The average molecular weight is 340 g/mol. The van der Waals surface area contributed by atoms with Crippen LogP contribution >= 0.6 is 27.3 Å². The molecule has 1 saturated carbocycles. The Bertz CT molecular complexity index is 535. The number of hydrogen-bond donors (Lipinski definition) is 2. The Kier molecular flexibility index (Phi) is 3.58. The highest BCUT2D eigenvalue weighted by Crippen LogP contribution is 2.34. The van der Waals surface area contributed by atoms with Gasteiger partial charge in [0.2, 0.25) is 0 Å². The maximum Gasteiger partial charge on any atom is 0.322 e. The maximum atomic E-state index is 11.9. The van der Waals surface area contributed by atoms with Crippen LogP contribution in [0.2, 0.25) is 0 Å². The molecule has 94 valence electrons. The molecule has 0 bridgehead atoms. The van der Waals surface area contributed by atoms with Gasteiger partial charge in [-0.1, -0.05) is 0 Å². The van der Waals surface area contributed by atoms with E-state index in [2.05, 4.69) is 20.7 Å². The van der Waals surface area contributed by atoms with Crippen molar-refractivity contribution >= 4 is 43.3 Å². The van der Waals surface area contributed by atoms with E-state index in [1.54, 1.807) is 6.07 Å². The Labute approximate surface area is 111 Å². The van der Waals surface area contributed by atoms with Crippen LogP contribution in [-0.4, -0.2) is 25.5 Å². The Morgan fingerprint density at radius 3 is 2.59 bits per heavy atom. The number of carbonyl (C=O) groups is 1. The summed E-state index contributed by atoms with van der Waals surface area (Å²) in [4.78, 5) is 11.0. The van der Waals surface area contributed by atoms with Crippen molar-refractivity contribution in [2.45, 2.75) is 23.1 Å². The van der Waals surface area contributed by atoms with Gasteiger partial charge in [0.05, 0.1) is 3.79 Å². The summed E-state index contributed by atoms with van der Waals surface area (Å²) >= 11 is 4.22. The third kappa shape index (κ3) is 3.06. The third-order valence-corrected chi connectivity index (χ3v) is 6.01. The molecule has 2 N–H and O–H groups in total. The molecule has 1 atom stereocenters. The van der Waals surface area contributed by atoms with Gasteiger partial charge in [-0.2, -0.15) is 4.72 Å². The van der Waals surface area contributed by atoms with Gasteiger partial charge in [-0.25, -0.2) is 8.42 Å². The first-order valence-electron chi connectivity index (χ1n) is 4.90. The highest BCUT2D eigenvalue weighted by molar-refractivity contribution is 9.11. The van der Waals surface area contributed by atoms with Crippen molar-refractivity contribution in [1.82, 2.24) is 4.72 Å². The van der Waals surface area contributed by atoms with E-state index >= 15 is 0 Å². The van der Waals surface area contributed by atoms with Gasteiger partial charge in [-0.15, -0.1) is 11.3 Å². The van der Waals surface area contributed by atoms with E-state index in [4.69, 9.17) is 5.11 Å². The van der Waals surface area contributed by atoms with Gasteiger partial charge in [0, 0.05) is 0 Å². The van der Waals surface area contributed by atoms with E-state index in [1.807, 2.05) is 0 Å². The maximum absolute atomic E-state index is 11.9. The number of thiophene rings is 1. The number of hydrogen-bond acceptors (Lipinski definition) is 4. The molecule has 0 amide bonds. The van der Waals surface area contributed by atoms with Crippen molar-refractivity contribution in [3.05, 3.63) is 15.9 Å². The second-order valence-corrected chi connectivity index (χ2v) is 8.24. The van der Waals surface area contributed by atoms with Crippen LogP contribution in [0.5, 0.6) is 0 Å². The van der Waals surface area contributed by atoms with Crippen molar-refractivity contribution in [3.8, 4) is 0 Å². The van der Waals surface area contributed by atoms with Crippen LogP contribution in [0.1, 0.15) is 12.8 Å². The molecule has 0 aromatic carbocycles. The fourth-order valence-corrected chi connectivity index (χ4v) is 4.73. The SMILES string of the molecule is O=C(O)C(NS(=O)(=O)c1ccc(Br)s1)C1CC1. The van der Waals surface area contributed by atoms with Crippen LogP contribution in [-0.2, 0) is 14.8 Å². The van der Waals surface area contributed by atoms with Gasteiger partial charge in [-0.05, 0) is 46.8 Å². The lowest BCUT2D eigenvalue weighted by Gasteiger charge is -2.12. The lowest BCUT2D eigenvalue weighted by molar-refractivity contribution is -0.139. The molecule has 8 heteroatoms. The molecular weight excluding hydrogens is 330 g/mol. The van der Waals surface area contributed by atoms with Gasteiger partial charge < -0.3 is 5.11 Å². The van der Waals surface area contributed by atoms with Gasteiger partial charge in [-0.3, -0.25) is 4.79 Å². The van der Waals surface area contributed by atoms with Crippen molar-refractivity contribution < 1.29 is 18.3 Å². The first-order valence-corrected chi connectivity index (χ1v) is 8.00. The molecule has 1 aliphatic carbocycles. The zero-order chi connectivity index (χ0) is 12.6. The molecule has 0 aliphatic heterocycles. The minimum absolute atomic E-state index is 0.0781. The Morgan fingerprint density at radius 1 is 1.53 bits per heavy atom. The fourth-order valence-electron chi connectivity index (χ4n) is 1.45. The van der Waals surface area contributed by atoms with Crippen molar-refractivity contribution in [1.29, 1.82) is 0 Å². The van der Waals surface area contributed by atoms with E-state index in [0.717, 1.165) is 24.2 Å². The molecule has 0 radical (unpaired) electrons. The van der Waals surface area contributed by atoms with Crippen LogP contribution in [0.15, 0.2) is 20.1 Å². The molecule has 17 heavy (non-hydrogen) atoms. The summed E-state index contributed by atoms with van der Waals surface area (Å²) in [6.07, 6.45) is 1.52. The minimum Gasteiger partial charge on any atom is -0.480 e. The highest BCUT2D eigenvalue weighted by Gasteiger charge is 2.39. The predicted molar refractivity (Wildman–Crippen MR) is 66.5 cm³/mol. The van der Waals surface area contributed by atoms with E-state index in [1.165, 1.54) is 6.07 Å². The largest absolute Gasteiger partial charge is 0.480 e. The first-order chi connectivity index (χ1) is 7.90. The predicted octanol–water partition coefficient (Wildman–Crippen LogP) is 1.65. The molecule has 1 unspecified atom stereocenters. The zero-order valence-electron chi connectivity index (χ0n) is 8.59. The van der Waals surface area contributed by atoms with E-state index in [-0.39, 0.29) is 10.1 Å². The lowest BCUT2D eigenvalue weighted by Crippen LogP contribution is -2.42. The average Bonchev–Trinajstić information content (AvgIpc) is 2.96. The summed E-state index contributed by atoms with van der Waals surface area (Å²) < 4.78 is 26.9. The van der Waals surface area contributed by atoms with Crippen LogP contribution in [0.3, 0.4) is 0 Å². The quantitative estimate of drug-likeness (QED) is 0.854. The first kappa shape index (κ1) is 13.0. The minimum atomic E-state index is -3.73. The van der Waals surface area contributed by atoms with E-state index < -0.39 is 22.0 Å². The third-order valence-electron chi connectivity index (χ3n) is 2.45. The summed E-state index contributed by atoms with van der Waals surface area (Å²) in [5.74, 6) is -1.20. The molecular formula is C9H10BrNO4S2. The second-order valence-electron chi connectivity index (χ2n) is 3.83. The normalized spacial score (nSPS) is 17.9. The smallest absolute Gasteiger partial charge is 0.322 e. The van der Waals surface area contributed by atoms with Crippen LogP contribution in [0, 0.1) is 5.92 Å². The van der Waals surface area contributed by atoms with E-state index in [9.17, 15) is 13.2 Å². The molecule has 1 fully saturated rings. The van der Waals surface area contributed by atoms with Crippen molar-refractivity contribution in [2.75, 3.05) is 0 Å². The van der Waals surface area contributed by atoms with Crippen LogP contribution in [0.4, 0.5) is 0 Å². The van der Waals surface area contributed by atoms with Gasteiger partial charge >= 0.3 is 5.97 Å². The standard InChI is InChI=1S/C9H10BrNO4S2/c10-6-3-4-7(16-6)17(14,15)11-8(9(12)13)5-1-2-5/h3-5,8,11H,1-2H2,(H,12,13). The molecule has 0 saturated heterocycles. The van der Waals surface area contributed by atoms with Crippen LogP contribution in [0.25, 0.3) is 0 Å². The molecule has 2 rings (SSSR count). The second kappa shape index (κ2) is 4.68. The highest BCUT2D eigenvalue weighted by atomic mass is 79.9. The molecule has 1 aromatic heterocycles. The van der Waals surface area contributed by atoms with Gasteiger partial charge in [0.1, 0.15) is 10.3 Å². The molecule has 0 spiro atoms. The summed E-state index contributed by atoms with van der Waals surface area (Å²) in [7, 11) is -3.73. The lowest BCUT2D eigenvalue weighted by atomic mass is 10.2. The van der Waals surface area contributed by atoms with E-state index in [0.29, 0.717) is 3.79 Å². The van der Waals surface area contributed by atoms with Crippen molar-refractivity contribution in [2.24, 2.45) is 5.92 Å². The topological polar surface area (TPSA) is 83.5 Å². The number of halogens is 1. The van der Waals surface area contributed by atoms with Crippen molar-refractivity contribution in [3.63, 3.8) is 0 Å². The molecule has 1 aliphatic rings. The number of sulfonamides is 1. The summed E-state index contributed by atoms with van der Waals surface area (Å²) in [5.41, 5.74) is 0. The molecule has 5 nitrogen and oxygen atoms in total. The number of nitrogens with one attached hydrogen (secondary N) is 1. The Hall–Kier alpha value is -0.440. The Morgan fingerprint density at radius 2 is 2.18 bits per heavy atom.